The third-order valence-electron chi connectivity index (χ3n) is 4.69. The van der Waals surface area contributed by atoms with Crippen LogP contribution in [-0.4, -0.2) is 32.4 Å². The number of hydrogen-bond acceptors (Lipinski definition) is 3. The summed E-state index contributed by atoms with van der Waals surface area (Å²) in [6.07, 6.45) is -2.71. The number of β-amino-alcohol motifs (C(OH)–C–C–N with tert-alkyl or cyclic N) is 1. The molecule has 0 aliphatic carbocycles. The molecular weight excluding hydrogens is 319 g/mol. The fourth-order valence-electron chi connectivity index (χ4n) is 3.24. The van der Waals surface area contributed by atoms with Crippen LogP contribution in [0.2, 0.25) is 0 Å². The molecule has 0 saturated carbocycles. The van der Waals surface area contributed by atoms with Crippen molar-refractivity contribution >= 4 is 0 Å². The van der Waals surface area contributed by atoms with Crippen molar-refractivity contribution in [2.24, 2.45) is 7.05 Å². The van der Waals surface area contributed by atoms with Gasteiger partial charge in [0.2, 0.25) is 0 Å². The van der Waals surface area contributed by atoms with Gasteiger partial charge in [0.05, 0.1) is 17.9 Å². The topological polar surface area (TPSA) is 41.3 Å². The summed E-state index contributed by atoms with van der Waals surface area (Å²) < 4.78 is 40.6. The molecular formula is C17H20F3N3O. The fourth-order valence-corrected chi connectivity index (χ4v) is 3.24. The first-order chi connectivity index (χ1) is 11.3. The van der Waals surface area contributed by atoms with Crippen LogP contribution in [0, 0.1) is 6.92 Å². The highest BCUT2D eigenvalue weighted by Gasteiger charge is 2.35. The molecule has 1 saturated heterocycles. The number of aliphatic hydroxyl groups is 1. The van der Waals surface area contributed by atoms with Gasteiger partial charge in [-0.05, 0) is 31.0 Å². The summed E-state index contributed by atoms with van der Waals surface area (Å²) >= 11 is 0. The molecule has 130 valence electrons. The van der Waals surface area contributed by atoms with Crippen LogP contribution in [0.25, 0.3) is 0 Å². The van der Waals surface area contributed by atoms with Gasteiger partial charge in [-0.25, -0.2) is 0 Å². The van der Waals surface area contributed by atoms with Crippen LogP contribution in [0.1, 0.15) is 34.8 Å². The summed E-state index contributed by atoms with van der Waals surface area (Å²) in [6.45, 7) is 2.95. The van der Waals surface area contributed by atoms with Gasteiger partial charge < -0.3 is 5.11 Å². The number of likely N-dealkylation sites (tertiary alicyclic amines) is 1. The molecule has 2 aromatic rings. The second kappa shape index (κ2) is 6.22. The molecule has 4 nitrogen and oxygen atoms in total. The zero-order valence-corrected chi connectivity index (χ0v) is 13.6. The van der Waals surface area contributed by atoms with E-state index in [-0.39, 0.29) is 6.04 Å². The van der Waals surface area contributed by atoms with E-state index in [0.29, 0.717) is 25.1 Å². The van der Waals surface area contributed by atoms with Crippen molar-refractivity contribution in [2.75, 3.05) is 6.54 Å². The van der Waals surface area contributed by atoms with Crippen molar-refractivity contribution < 1.29 is 18.3 Å². The van der Waals surface area contributed by atoms with Gasteiger partial charge >= 0.3 is 6.18 Å². The van der Waals surface area contributed by atoms with Gasteiger partial charge in [-0.3, -0.25) is 9.58 Å². The molecule has 2 heterocycles. The maximum atomic E-state index is 13.0. The van der Waals surface area contributed by atoms with E-state index in [1.54, 1.807) is 16.9 Å². The molecule has 1 aliphatic rings. The summed E-state index contributed by atoms with van der Waals surface area (Å²) in [5.41, 5.74) is 1.96. The number of nitrogens with zero attached hydrogens (tertiary/aromatic N) is 3. The molecule has 1 aromatic carbocycles. The molecule has 1 aromatic heterocycles. The maximum Gasteiger partial charge on any atom is 0.416 e. The molecule has 0 bridgehead atoms. The zero-order valence-electron chi connectivity index (χ0n) is 13.6. The third kappa shape index (κ3) is 3.32. The van der Waals surface area contributed by atoms with Crippen LogP contribution in [0.5, 0.6) is 0 Å². The number of aryl methyl sites for hydroxylation is 1. The van der Waals surface area contributed by atoms with Crippen molar-refractivity contribution in [3.05, 3.63) is 52.8 Å². The van der Waals surface area contributed by atoms with E-state index in [1.807, 2.05) is 18.9 Å². The lowest BCUT2D eigenvalue weighted by molar-refractivity contribution is -0.137. The van der Waals surface area contributed by atoms with Gasteiger partial charge in [-0.1, -0.05) is 12.1 Å². The van der Waals surface area contributed by atoms with Crippen molar-refractivity contribution in [3.8, 4) is 0 Å². The minimum absolute atomic E-state index is 0.234. The van der Waals surface area contributed by atoms with E-state index in [2.05, 4.69) is 5.10 Å². The van der Waals surface area contributed by atoms with Gasteiger partial charge in [0.25, 0.3) is 0 Å². The Bertz CT molecular complexity index is 726. The molecule has 1 aliphatic heterocycles. The molecule has 1 fully saturated rings. The minimum Gasteiger partial charge on any atom is -0.392 e. The van der Waals surface area contributed by atoms with Crippen LogP contribution in [0.4, 0.5) is 13.2 Å². The molecule has 24 heavy (non-hydrogen) atoms. The average molecular weight is 339 g/mol. The number of aliphatic hydroxyl groups excluding tert-OH is 1. The highest BCUT2D eigenvalue weighted by molar-refractivity contribution is 5.29. The summed E-state index contributed by atoms with van der Waals surface area (Å²) in [5.74, 6) is 0. The lowest BCUT2D eigenvalue weighted by atomic mass is 10.0. The van der Waals surface area contributed by atoms with E-state index in [1.165, 1.54) is 12.1 Å². The van der Waals surface area contributed by atoms with Crippen molar-refractivity contribution in [2.45, 2.75) is 38.2 Å². The van der Waals surface area contributed by atoms with Gasteiger partial charge in [0, 0.05) is 37.4 Å². The number of benzene rings is 1. The van der Waals surface area contributed by atoms with Crippen LogP contribution in [0.3, 0.4) is 0 Å². The van der Waals surface area contributed by atoms with Gasteiger partial charge in [-0.15, -0.1) is 0 Å². The lowest BCUT2D eigenvalue weighted by Crippen LogP contribution is -2.24. The van der Waals surface area contributed by atoms with Crippen molar-refractivity contribution in [1.29, 1.82) is 0 Å². The summed E-state index contributed by atoms with van der Waals surface area (Å²) in [5, 5.41) is 14.2. The van der Waals surface area contributed by atoms with Crippen LogP contribution >= 0.6 is 0 Å². The molecule has 3 rings (SSSR count). The Hall–Kier alpha value is -1.86. The Morgan fingerprint density at radius 1 is 1.33 bits per heavy atom. The van der Waals surface area contributed by atoms with Crippen LogP contribution in [-0.2, 0) is 19.8 Å². The van der Waals surface area contributed by atoms with E-state index < -0.39 is 17.8 Å². The lowest BCUT2D eigenvalue weighted by Gasteiger charge is -2.25. The predicted molar refractivity (Wildman–Crippen MR) is 83.2 cm³/mol. The molecule has 0 radical (unpaired) electrons. The Morgan fingerprint density at radius 2 is 2.08 bits per heavy atom. The van der Waals surface area contributed by atoms with Crippen molar-refractivity contribution in [1.82, 2.24) is 14.7 Å². The zero-order chi connectivity index (χ0) is 17.5. The molecule has 0 unspecified atom stereocenters. The van der Waals surface area contributed by atoms with E-state index in [0.717, 1.165) is 17.3 Å². The van der Waals surface area contributed by atoms with E-state index in [4.69, 9.17) is 0 Å². The quantitative estimate of drug-likeness (QED) is 0.934. The van der Waals surface area contributed by atoms with Gasteiger partial charge in [0.1, 0.15) is 0 Å². The number of alkyl halides is 3. The average Bonchev–Trinajstić information content (AvgIpc) is 3.04. The molecule has 0 amide bonds. The molecule has 7 heteroatoms. The summed E-state index contributed by atoms with van der Waals surface area (Å²) in [6, 6.07) is 5.15. The van der Waals surface area contributed by atoms with Crippen LogP contribution < -0.4 is 0 Å². The first-order valence-electron chi connectivity index (χ1n) is 7.82. The van der Waals surface area contributed by atoms with Crippen molar-refractivity contribution in [3.63, 3.8) is 0 Å². The predicted octanol–water partition coefficient (Wildman–Crippen LogP) is 3.06. The monoisotopic (exact) mass is 339 g/mol. The summed E-state index contributed by atoms with van der Waals surface area (Å²) in [7, 11) is 1.85. The highest BCUT2D eigenvalue weighted by atomic mass is 19.4. The standard InChI is InChI=1S/C17H20F3N3O/c1-11-13(8-21-22(11)2)9-23-10-15(24)7-16(23)12-4-3-5-14(6-12)17(18,19)20/h3-6,8,15-16,24H,7,9-10H2,1-2H3/t15-,16+/m1/s1. The van der Waals surface area contributed by atoms with Gasteiger partial charge in [0.15, 0.2) is 0 Å². The highest BCUT2D eigenvalue weighted by Crippen LogP contribution is 2.37. The number of hydrogen-bond donors (Lipinski definition) is 1. The largest absolute Gasteiger partial charge is 0.416 e. The molecule has 2 atom stereocenters. The second-order valence-corrected chi connectivity index (χ2v) is 6.34. The number of aromatic nitrogens is 2. The molecule has 1 N–H and O–H groups in total. The van der Waals surface area contributed by atoms with Crippen LogP contribution in [0.15, 0.2) is 30.5 Å². The second-order valence-electron chi connectivity index (χ2n) is 6.34. The van der Waals surface area contributed by atoms with Gasteiger partial charge in [-0.2, -0.15) is 18.3 Å². The normalized spacial score (nSPS) is 22.2. The third-order valence-corrected chi connectivity index (χ3v) is 4.69. The molecule has 0 spiro atoms. The smallest absolute Gasteiger partial charge is 0.392 e. The van der Waals surface area contributed by atoms with E-state index in [9.17, 15) is 18.3 Å². The number of rotatable bonds is 3. The maximum absolute atomic E-state index is 13.0. The minimum atomic E-state index is -4.36. The Kier molecular flexibility index (Phi) is 4.40. The first-order valence-corrected chi connectivity index (χ1v) is 7.82. The van der Waals surface area contributed by atoms with E-state index >= 15 is 0 Å². The SMILES string of the molecule is Cc1c(CN2C[C@H](O)C[C@H]2c2cccc(C(F)(F)F)c2)cnn1C. The number of halogens is 3. The fraction of sp³-hybridized carbons (Fsp3) is 0.471. The summed E-state index contributed by atoms with van der Waals surface area (Å²) in [4.78, 5) is 2.02. The Morgan fingerprint density at radius 3 is 2.71 bits per heavy atom. The Balaban J connectivity index is 1.87. The first kappa shape index (κ1) is 17.0. The Labute approximate surface area is 138 Å².